The minimum Gasteiger partial charge on any atom is -0.361 e. The van der Waals surface area contributed by atoms with Crippen molar-refractivity contribution in [3.63, 3.8) is 0 Å². The number of thiazole rings is 1. The third-order valence-electron chi connectivity index (χ3n) is 3.22. The molecule has 0 radical (unpaired) electrons. The topological polar surface area (TPSA) is 24.9 Å². The SMILES string of the molecule is CC(C)(CNc1nc2ccc(Br)cc2s1)c1cccs1. The summed E-state index contributed by atoms with van der Waals surface area (Å²) < 4.78 is 2.30. The first-order valence-corrected chi connectivity index (χ1v) is 8.87. The Balaban J connectivity index is 1.77. The molecule has 104 valence electrons. The first-order valence-electron chi connectivity index (χ1n) is 6.38. The van der Waals surface area contributed by atoms with E-state index >= 15 is 0 Å². The lowest BCUT2D eigenvalue weighted by Gasteiger charge is -2.23. The molecule has 0 aliphatic carbocycles. The molecule has 3 rings (SSSR count). The fraction of sp³-hybridized carbons (Fsp3) is 0.267. The summed E-state index contributed by atoms with van der Waals surface area (Å²) in [4.78, 5) is 6.03. The number of nitrogens with zero attached hydrogens (tertiary/aromatic N) is 1. The summed E-state index contributed by atoms with van der Waals surface area (Å²) in [7, 11) is 0. The van der Waals surface area contributed by atoms with E-state index in [1.54, 1.807) is 11.3 Å². The number of halogens is 1. The van der Waals surface area contributed by atoms with Crippen molar-refractivity contribution in [2.45, 2.75) is 19.3 Å². The van der Waals surface area contributed by atoms with Crippen LogP contribution in [0, 0.1) is 0 Å². The van der Waals surface area contributed by atoms with Gasteiger partial charge in [0.25, 0.3) is 0 Å². The summed E-state index contributed by atoms with van der Waals surface area (Å²) in [6, 6.07) is 10.5. The largest absolute Gasteiger partial charge is 0.361 e. The first-order chi connectivity index (χ1) is 9.54. The average molecular weight is 367 g/mol. The highest BCUT2D eigenvalue weighted by Crippen LogP contribution is 2.31. The van der Waals surface area contributed by atoms with Gasteiger partial charge in [0, 0.05) is 21.3 Å². The van der Waals surface area contributed by atoms with Gasteiger partial charge in [-0.3, -0.25) is 0 Å². The monoisotopic (exact) mass is 366 g/mol. The van der Waals surface area contributed by atoms with E-state index in [0.717, 1.165) is 21.7 Å². The molecule has 20 heavy (non-hydrogen) atoms. The number of hydrogen-bond acceptors (Lipinski definition) is 4. The lowest BCUT2D eigenvalue weighted by atomic mass is 9.91. The fourth-order valence-corrected chi connectivity index (χ4v) is 4.29. The number of rotatable bonds is 4. The van der Waals surface area contributed by atoms with E-state index in [1.165, 1.54) is 9.58 Å². The molecule has 1 N–H and O–H groups in total. The molecular weight excluding hydrogens is 352 g/mol. The Morgan fingerprint density at radius 2 is 2.15 bits per heavy atom. The number of hydrogen-bond donors (Lipinski definition) is 1. The van der Waals surface area contributed by atoms with Crippen LogP contribution in [0.1, 0.15) is 18.7 Å². The summed E-state index contributed by atoms with van der Waals surface area (Å²) in [5.41, 5.74) is 1.17. The average Bonchev–Trinajstić information content (AvgIpc) is 3.05. The molecule has 3 aromatic rings. The zero-order valence-corrected chi connectivity index (χ0v) is 14.5. The van der Waals surface area contributed by atoms with E-state index < -0.39 is 0 Å². The van der Waals surface area contributed by atoms with E-state index in [2.05, 4.69) is 63.7 Å². The summed E-state index contributed by atoms with van der Waals surface area (Å²) in [5, 5.41) is 6.60. The van der Waals surface area contributed by atoms with Crippen molar-refractivity contribution in [1.82, 2.24) is 4.98 Å². The van der Waals surface area contributed by atoms with Crippen LogP contribution in [-0.4, -0.2) is 11.5 Å². The van der Waals surface area contributed by atoms with Crippen molar-refractivity contribution < 1.29 is 0 Å². The van der Waals surface area contributed by atoms with Crippen LogP contribution in [-0.2, 0) is 5.41 Å². The van der Waals surface area contributed by atoms with Crippen molar-refractivity contribution in [2.24, 2.45) is 0 Å². The summed E-state index contributed by atoms with van der Waals surface area (Å²) in [6.07, 6.45) is 0. The van der Waals surface area contributed by atoms with Gasteiger partial charge in [0.2, 0.25) is 0 Å². The number of benzene rings is 1. The Kier molecular flexibility index (Phi) is 3.84. The predicted molar refractivity (Wildman–Crippen MR) is 93.2 cm³/mol. The zero-order valence-electron chi connectivity index (χ0n) is 11.3. The minimum atomic E-state index is 0.118. The van der Waals surface area contributed by atoms with Crippen LogP contribution >= 0.6 is 38.6 Å². The number of fused-ring (bicyclic) bond motifs is 1. The van der Waals surface area contributed by atoms with Crippen LogP contribution in [0.2, 0.25) is 0 Å². The summed E-state index contributed by atoms with van der Waals surface area (Å²) in [6.45, 7) is 5.40. The van der Waals surface area contributed by atoms with Crippen molar-refractivity contribution in [2.75, 3.05) is 11.9 Å². The van der Waals surface area contributed by atoms with E-state index in [9.17, 15) is 0 Å². The molecule has 0 unspecified atom stereocenters. The van der Waals surface area contributed by atoms with Gasteiger partial charge >= 0.3 is 0 Å². The van der Waals surface area contributed by atoms with E-state index in [-0.39, 0.29) is 5.41 Å². The van der Waals surface area contributed by atoms with Gasteiger partial charge in [0.1, 0.15) is 0 Å². The smallest absolute Gasteiger partial charge is 0.183 e. The Morgan fingerprint density at radius 3 is 2.90 bits per heavy atom. The van der Waals surface area contributed by atoms with Crippen molar-refractivity contribution in [3.05, 3.63) is 45.1 Å². The molecular formula is C15H15BrN2S2. The highest BCUT2D eigenvalue weighted by molar-refractivity contribution is 9.10. The normalized spacial score (nSPS) is 11.9. The Morgan fingerprint density at radius 1 is 1.30 bits per heavy atom. The van der Waals surface area contributed by atoms with Crippen LogP contribution in [0.15, 0.2) is 40.2 Å². The molecule has 0 saturated heterocycles. The molecule has 0 spiro atoms. The maximum atomic E-state index is 4.63. The van der Waals surface area contributed by atoms with Crippen molar-refractivity contribution >= 4 is 54.0 Å². The van der Waals surface area contributed by atoms with E-state index in [1.807, 2.05) is 23.5 Å². The van der Waals surface area contributed by atoms with Crippen molar-refractivity contribution in [3.8, 4) is 0 Å². The summed E-state index contributed by atoms with van der Waals surface area (Å²) in [5.74, 6) is 0. The lowest BCUT2D eigenvalue weighted by Crippen LogP contribution is -2.26. The minimum absolute atomic E-state index is 0.118. The van der Waals surface area contributed by atoms with Gasteiger partial charge in [0.05, 0.1) is 10.2 Å². The predicted octanol–water partition coefficient (Wildman–Crippen LogP) is 5.51. The maximum absolute atomic E-state index is 4.63. The van der Waals surface area contributed by atoms with Gasteiger partial charge in [-0.25, -0.2) is 4.98 Å². The van der Waals surface area contributed by atoms with E-state index in [0.29, 0.717) is 0 Å². The molecule has 0 aliphatic rings. The maximum Gasteiger partial charge on any atom is 0.183 e. The number of thiophene rings is 1. The molecule has 0 fully saturated rings. The standard InChI is InChI=1S/C15H15BrN2S2/c1-15(2,13-4-3-7-19-13)9-17-14-18-11-6-5-10(16)8-12(11)20-14/h3-8H,9H2,1-2H3,(H,17,18). The van der Waals surface area contributed by atoms with Gasteiger partial charge in [-0.15, -0.1) is 11.3 Å². The van der Waals surface area contributed by atoms with Gasteiger partial charge in [-0.1, -0.05) is 47.2 Å². The quantitative estimate of drug-likeness (QED) is 0.658. The Hall–Kier alpha value is -0.910. The first kappa shape index (κ1) is 14.0. The van der Waals surface area contributed by atoms with Crippen LogP contribution in [0.3, 0.4) is 0 Å². The second-order valence-corrected chi connectivity index (χ2v) is 8.24. The van der Waals surface area contributed by atoms with Gasteiger partial charge in [-0.2, -0.15) is 0 Å². The van der Waals surface area contributed by atoms with Gasteiger partial charge in [0.15, 0.2) is 5.13 Å². The van der Waals surface area contributed by atoms with Gasteiger partial charge < -0.3 is 5.32 Å². The molecule has 0 saturated carbocycles. The molecule has 1 aromatic carbocycles. The number of aromatic nitrogens is 1. The molecule has 0 amide bonds. The summed E-state index contributed by atoms with van der Waals surface area (Å²) >= 11 is 7.01. The lowest BCUT2D eigenvalue weighted by molar-refractivity contribution is 0.569. The van der Waals surface area contributed by atoms with Crippen molar-refractivity contribution in [1.29, 1.82) is 0 Å². The molecule has 2 nitrogen and oxygen atoms in total. The third-order valence-corrected chi connectivity index (χ3v) is 5.93. The van der Waals surface area contributed by atoms with Crippen LogP contribution in [0.25, 0.3) is 10.2 Å². The molecule has 0 aliphatic heterocycles. The second-order valence-electron chi connectivity index (χ2n) is 5.35. The number of nitrogens with one attached hydrogen (secondary N) is 1. The molecule has 5 heteroatoms. The Bertz CT molecular complexity index is 717. The molecule has 2 heterocycles. The van der Waals surface area contributed by atoms with Gasteiger partial charge in [-0.05, 0) is 29.6 Å². The fourth-order valence-electron chi connectivity index (χ4n) is 2.02. The number of anilines is 1. The van der Waals surface area contributed by atoms with Crippen LogP contribution < -0.4 is 5.32 Å². The Labute approximate surface area is 135 Å². The van der Waals surface area contributed by atoms with Crippen LogP contribution in [0.5, 0.6) is 0 Å². The highest BCUT2D eigenvalue weighted by Gasteiger charge is 2.21. The zero-order chi connectivity index (χ0) is 14.2. The second kappa shape index (κ2) is 5.47. The molecule has 2 aromatic heterocycles. The van der Waals surface area contributed by atoms with E-state index in [4.69, 9.17) is 0 Å². The van der Waals surface area contributed by atoms with Crippen LogP contribution in [0.4, 0.5) is 5.13 Å². The molecule has 0 atom stereocenters. The molecule has 0 bridgehead atoms. The highest BCUT2D eigenvalue weighted by atomic mass is 79.9. The third kappa shape index (κ3) is 2.90.